The predicted molar refractivity (Wildman–Crippen MR) is 65.3 cm³/mol. The molecule has 0 saturated carbocycles. The van der Waals surface area contributed by atoms with Gasteiger partial charge < -0.3 is 0 Å². The Hall–Kier alpha value is -1.68. The molecule has 0 fully saturated rings. The molecule has 0 aliphatic carbocycles. The van der Waals surface area contributed by atoms with E-state index in [1.807, 2.05) is 31.3 Å². The summed E-state index contributed by atoms with van der Waals surface area (Å²) >= 11 is 1.61. The van der Waals surface area contributed by atoms with Gasteiger partial charge in [-0.25, -0.2) is 4.98 Å². The summed E-state index contributed by atoms with van der Waals surface area (Å²) in [5.74, 6) is 0.101. The number of aryl methyl sites for hydroxylation is 1. The second kappa shape index (κ2) is 3.15. The number of imidazole rings is 1. The topological polar surface area (TPSA) is 34.4 Å². The Morgan fingerprint density at radius 2 is 2.25 bits per heavy atom. The molecule has 80 valence electrons. The van der Waals surface area contributed by atoms with Crippen molar-refractivity contribution >= 4 is 32.3 Å². The van der Waals surface area contributed by atoms with Crippen LogP contribution >= 0.6 is 11.3 Å². The van der Waals surface area contributed by atoms with Crippen molar-refractivity contribution in [2.75, 3.05) is 0 Å². The van der Waals surface area contributed by atoms with E-state index < -0.39 is 0 Å². The Bertz CT molecular complexity index is 708. The SMILES string of the molecule is CC(=O)c1ccc2c(c1)sc1nc(C)cn12. The van der Waals surface area contributed by atoms with Crippen molar-refractivity contribution in [2.24, 2.45) is 0 Å². The molecule has 3 aromatic rings. The van der Waals surface area contributed by atoms with E-state index in [0.717, 1.165) is 26.4 Å². The van der Waals surface area contributed by atoms with Crippen LogP contribution < -0.4 is 0 Å². The third-order valence-electron chi connectivity index (χ3n) is 2.62. The van der Waals surface area contributed by atoms with Gasteiger partial charge in [-0.15, -0.1) is 0 Å². The molecule has 3 rings (SSSR count). The number of Topliss-reactive ketones (excluding diaryl/α,β-unsaturated/α-hetero) is 1. The first kappa shape index (κ1) is 9.54. The van der Waals surface area contributed by atoms with Crippen molar-refractivity contribution in [3.63, 3.8) is 0 Å². The highest BCUT2D eigenvalue weighted by Crippen LogP contribution is 2.27. The zero-order chi connectivity index (χ0) is 11.3. The lowest BCUT2D eigenvalue weighted by molar-refractivity contribution is 0.101. The quantitative estimate of drug-likeness (QED) is 0.602. The van der Waals surface area contributed by atoms with Gasteiger partial charge in [0.05, 0.1) is 15.9 Å². The Labute approximate surface area is 96.3 Å². The lowest BCUT2D eigenvalue weighted by Gasteiger charge is -1.95. The van der Waals surface area contributed by atoms with Gasteiger partial charge in [-0.05, 0) is 32.0 Å². The fourth-order valence-corrected chi connectivity index (χ4v) is 2.93. The predicted octanol–water partition coefficient (Wildman–Crippen LogP) is 3.06. The third-order valence-corrected chi connectivity index (χ3v) is 3.64. The molecule has 0 atom stereocenters. The number of rotatable bonds is 1. The summed E-state index contributed by atoms with van der Waals surface area (Å²) < 4.78 is 3.18. The summed E-state index contributed by atoms with van der Waals surface area (Å²) in [7, 11) is 0. The van der Waals surface area contributed by atoms with Gasteiger partial charge in [-0.1, -0.05) is 11.3 Å². The third kappa shape index (κ3) is 1.27. The number of aromatic nitrogens is 2. The van der Waals surface area contributed by atoms with Crippen LogP contribution in [0.2, 0.25) is 0 Å². The molecular formula is C12H10N2OS. The Kier molecular flexibility index (Phi) is 1.88. The molecule has 1 aromatic carbocycles. The standard InChI is InChI=1S/C12H10N2OS/c1-7-6-14-10-4-3-9(8(2)15)5-11(10)16-12(14)13-7/h3-6H,1-2H3. The summed E-state index contributed by atoms with van der Waals surface area (Å²) in [6.45, 7) is 3.57. The number of hydrogen-bond acceptors (Lipinski definition) is 3. The van der Waals surface area contributed by atoms with E-state index >= 15 is 0 Å². The Morgan fingerprint density at radius 3 is 3.00 bits per heavy atom. The van der Waals surface area contributed by atoms with Crippen molar-refractivity contribution in [1.82, 2.24) is 9.38 Å². The number of carbonyl (C=O) groups excluding carboxylic acids is 1. The maximum absolute atomic E-state index is 11.3. The molecule has 0 saturated heterocycles. The molecule has 2 aromatic heterocycles. The number of thiazole rings is 1. The minimum atomic E-state index is 0.101. The van der Waals surface area contributed by atoms with E-state index in [0.29, 0.717) is 0 Å². The molecule has 0 bridgehead atoms. The summed E-state index contributed by atoms with van der Waals surface area (Å²) in [4.78, 5) is 16.7. The molecule has 4 heteroatoms. The fraction of sp³-hybridized carbons (Fsp3) is 0.167. The molecule has 0 N–H and O–H groups in total. The highest BCUT2D eigenvalue weighted by molar-refractivity contribution is 7.23. The van der Waals surface area contributed by atoms with Gasteiger partial charge in [0.2, 0.25) is 0 Å². The van der Waals surface area contributed by atoms with Crippen LogP contribution in [0.25, 0.3) is 15.2 Å². The minimum absolute atomic E-state index is 0.101. The molecule has 2 heterocycles. The average Bonchev–Trinajstić information content (AvgIpc) is 2.72. The van der Waals surface area contributed by atoms with E-state index in [1.165, 1.54) is 0 Å². The van der Waals surface area contributed by atoms with Crippen LogP contribution in [-0.2, 0) is 0 Å². The first-order chi connectivity index (χ1) is 7.65. The maximum atomic E-state index is 11.3. The summed E-state index contributed by atoms with van der Waals surface area (Å²) in [5, 5.41) is 0. The number of hydrogen-bond donors (Lipinski definition) is 0. The van der Waals surface area contributed by atoms with Gasteiger partial charge in [0.1, 0.15) is 0 Å². The molecule has 0 spiro atoms. The molecule has 0 amide bonds. The van der Waals surface area contributed by atoms with Crippen molar-refractivity contribution in [1.29, 1.82) is 0 Å². The van der Waals surface area contributed by atoms with E-state index in [2.05, 4.69) is 9.38 Å². The van der Waals surface area contributed by atoms with Crippen molar-refractivity contribution in [2.45, 2.75) is 13.8 Å². The number of nitrogens with zero attached hydrogens (tertiary/aromatic N) is 2. The second-order valence-electron chi connectivity index (χ2n) is 3.88. The summed E-state index contributed by atoms with van der Waals surface area (Å²) in [6, 6.07) is 5.79. The van der Waals surface area contributed by atoms with Gasteiger partial charge in [-0.3, -0.25) is 9.20 Å². The zero-order valence-electron chi connectivity index (χ0n) is 9.02. The first-order valence-corrected chi connectivity index (χ1v) is 5.86. The number of ketones is 1. The van der Waals surface area contributed by atoms with Gasteiger partial charge >= 0.3 is 0 Å². The minimum Gasteiger partial charge on any atom is -0.295 e. The van der Waals surface area contributed by atoms with Gasteiger partial charge in [0.25, 0.3) is 0 Å². The molecule has 16 heavy (non-hydrogen) atoms. The molecule has 0 aliphatic heterocycles. The first-order valence-electron chi connectivity index (χ1n) is 5.04. The lowest BCUT2D eigenvalue weighted by atomic mass is 10.1. The number of carbonyl (C=O) groups is 1. The highest BCUT2D eigenvalue weighted by Gasteiger charge is 2.08. The normalized spacial score (nSPS) is 11.4. The van der Waals surface area contributed by atoms with Crippen LogP contribution in [0.1, 0.15) is 23.0 Å². The van der Waals surface area contributed by atoms with E-state index in [1.54, 1.807) is 18.3 Å². The Morgan fingerprint density at radius 1 is 1.44 bits per heavy atom. The second-order valence-corrected chi connectivity index (χ2v) is 4.88. The molecular weight excluding hydrogens is 220 g/mol. The highest BCUT2D eigenvalue weighted by atomic mass is 32.1. The van der Waals surface area contributed by atoms with E-state index in [9.17, 15) is 4.79 Å². The maximum Gasteiger partial charge on any atom is 0.194 e. The smallest absolute Gasteiger partial charge is 0.194 e. The van der Waals surface area contributed by atoms with Crippen molar-refractivity contribution in [3.8, 4) is 0 Å². The monoisotopic (exact) mass is 230 g/mol. The Balaban J connectivity index is 2.37. The van der Waals surface area contributed by atoms with Gasteiger partial charge in [-0.2, -0.15) is 0 Å². The summed E-state index contributed by atoms with van der Waals surface area (Å²) in [5.41, 5.74) is 2.89. The van der Waals surface area contributed by atoms with Crippen molar-refractivity contribution in [3.05, 3.63) is 35.7 Å². The lowest BCUT2D eigenvalue weighted by Crippen LogP contribution is -1.90. The molecule has 0 aliphatic rings. The van der Waals surface area contributed by atoms with Crippen molar-refractivity contribution < 1.29 is 4.79 Å². The largest absolute Gasteiger partial charge is 0.295 e. The molecule has 0 radical (unpaired) electrons. The molecule has 3 nitrogen and oxygen atoms in total. The number of benzene rings is 1. The average molecular weight is 230 g/mol. The van der Waals surface area contributed by atoms with Crippen LogP contribution in [0.3, 0.4) is 0 Å². The van der Waals surface area contributed by atoms with Gasteiger partial charge in [0, 0.05) is 11.8 Å². The molecule has 0 unspecified atom stereocenters. The van der Waals surface area contributed by atoms with Crippen LogP contribution in [0.5, 0.6) is 0 Å². The summed E-state index contributed by atoms with van der Waals surface area (Å²) in [6.07, 6.45) is 2.02. The van der Waals surface area contributed by atoms with Crippen LogP contribution in [0.4, 0.5) is 0 Å². The fourth-order valence-electron chi connectivity index (χ4n) is 1.83. The van der Waals surface area contributed by atoms with Crippen LogP contribution in [0.15, 0.2) is 24.4 Å². The van der Waals surface area contributed by atoms with Crippen LogP contribution in [-0.4, -0.2) is 15.2 Å². The number of fused-ring (bicyclic) bond motifs is 3. The van der Waals surface area contributed by atoms with Gasteiger partial charge in [0.15, 0.2) is 10.7 Å². The van der Waals surface area contributed by atoms with E-state index in [4.69, 9.17) is 0 Å². The zero-order valence-corrected chi connectivity index (χ0v) is 9.84. The van der Waals surface area contributed by atoms with Crippen LogP contribution in [0, 0.1) is 6.92 Å². The van der Waals surface area contributed by atoms with E-state index in [-0.39, 0.29) is 5.78 Å².